The summed E-state index contributed by atoms with van der Waals surface area (Å²) in [6, 6.07) is 9.41. The number of hydrogen-bond acceptors (Lipinski definition) is 1. The molecule has 1 rings (SSSR count). The number of likely N-dealkylation sites (N-methyl/N-ethyl adjacent to an activating group) is 1. The molecule has 0 bridgehead atoms. The van der Waals surface area contributed by atoms with Crippen LogP contribution >= 0.6 is 22.6 Å². The van der Waals surface area contributed by atoms with Crippen LogP contribution in [0.4, 0.5) is 0 Å². The van der Waals surface area contributed by atoms with Crippen LogP contribution in [0.15, 0.2) is 24.3 Å². The largest absolute Gasteiger partial charge is 0.316 e. The van der Waals surface area contributed by atoms with E-state index in [1.54, 1.807) is 0 Å². The standard InChI is InChI=1S/C14H22IN/c1-10(2)11(3)14(16-4)9-12-5-7-13(15)8-6-12/h5-8,10-11,14,16H,9H2,1-4H3. The first-order valence-corrected chi connectivity index (χ1v) is 7.04. The molecule has 2 heteroatoms. The molecule has 1 N–H and O–H groups in total. The van der Waals surface area contributed by atoms with Crippen LogP contribution in [0.3, 0.4) is 0 Å². The molecular formula is C14H22IN. The van der Waals surface area contributed by atoms with Crippen LogP contribution in [0, 0.1) is 15.4 Å². The molecule has 0 spiro atoms. The third-order valence-electron chi connectivity index (χ3n) is 3.43. The van der Waals surface area contributed by atoms with Crippen molar-refractivity contribution in [1.29, 1.82) is 0 Å². The number of halogens is 1. The summed E-state index contributed by atoms with van der Waals surface area (Å²) >= 11 is 2.35. The molecule has 1 nitrogen and oxygen atoms in total. The van der Waals surface area contributed by atoms with Crippen LogP contribution in [0.1, 0.15) is 26.3 Å². The molecule has 0 amide bonds. The summed E-state index contributed by atoms with van der Waals surface area (Å²) in [4.78, 5) is 0. The second kappa shape index (κ2) is 6.60. The monoisotopic (exact) mass is 331 g/mol. The lowest BCUT2D eigenvalue weighted by molar-refractivity contribution is 0.310. The van der Waals surface area contributed by atoms with Gasteiger partial charge in [-0.3, -0.25) is 0 Å². The highest BCUT2D eigenvalue weighted by Crippen LogP contribution is 2.18. The van der Waals surface area contributed by atoms with E-state index in [2.05, 4.69) is 80.0 Å². The van der Waals surface area contributed by atoms with Crippen LogP contribution in [-0.4, -0.2) is 13.1 Å². The van der Waals surface area contributed by atoms with Crippen molar-refractivity contribution in [3.63, 3.8) is 0 Å². The van der Waals surface area contributed by atoms with E-state index in [-0.39, 0.29) is 0 Å². The molecule has 0 aromatic heterocycles. The number of rotatable bonds is 5. The van der Waals surface area contributed by atoms with Crippen molar-refractivity contribution < 1.29 is 0 Å². The Morgan fingerprint density at radius 2 is 1.69 bits per heavy atom. The lowest BCUT2D eigenvalue weighted by Gasteiger charge is -2.26. The third-order valence-corrected chi connectivity index (χ3v) is 4.15. The highest BCUT2D eigenvalue weighted by atomic mass is 127. The molecule has 90 valence electrons. The van der Waals surface area contributed by atoms with Gasteiger partial charge in [0.05, 0.1) is 0 Å². The van der Waals surface area contributed by atoms with E-state index in [1.165, 1.54) is 9.13 Å². The van der Waals surface area contributed by atoms with Gasteiger partial charge < -0.3 is 5.32 Å². The van der Waals surface area contributed by atoms with Crippen molar-refractivity contribution in [2.24, 2.45) is 11.8 Å². The predicted molar refractivity (Wildman–Crippen MR) is 79.7 cm³/mol. The Balaban J connectivity index is 2.66. The summed E-state index contributed by atoms with van der Waals surface area (Å²) in [7, 11) is 2.07. The van der Waals surface area contributed by atoms with Gasteiger partial charge in [0.25, 0.3) is 0 Å². The molecular weight excluding hydrogens is 309 g/mol. The number of hydrogen-bond donors (Lipinski definition) is 1. The highest BCUT2D eigenvalue weighted by molar-refractivity contribution is 14.1. The van der Waals surface area contributed by atoms with Crippen molar-refractivity contribution in [3.05, 3.63) is 33.4 Å². The second-order valence-corrected chi connectivity index (χ2v) is 6.07. The van der Waals surface area contributed by atoms with Gasteiger partial charge in [-0.1, -0.05) is 32.9 Å². The maximum Gasteiger partial charge on any atom is 0.0132 e. The van der Waals surface area contributed by atoms with E-state index >= 15 is 0 Å². The van der Waals surface area contributed by atoms with Gasteiger partial charge in [0.15, 0.2) is 0 Å². The van der Waals surface area contributed by atoms with Crippen LogP contribution in [-0.2, 0) is 6.42 Å². The van der Waals surface area contributed by atoms with Crippen molar-refractivity contribution in [1.82, 2.24) is 5.32 Å². The topological polar surface area (TPSA) is 12.0 Å². The molecule has 0 saturated heterocycles. The van der Waals surface area contributed by atoms with Gasteiger partial charge in [0.1, 0.15) is 0 Å². The van der Waals surface area contributed by atoms with Crippen LogP contribution < -0.4 is 5.32 Å². The van der Waals surface area contributed by atoms with Crippen molar-refractivity contribution in [2.75, 3.05) is 7.05 Å². The van der Waals surface area contributed by atoms with Gasteiger partial charge >= 0.3 is 0 Å². The van der Waals surface area contributed by atoms with Crippen molar-refractivity contribution >= 4 is 22.6 Å². The first kappa shape index (κ1) is 14.0. The van der Waals surface area contributed by atoms with E-state index in [1.807, 2.05) is 0 Å². The third kappa shape index (κ3) is 4.06. The van der Waals surface area contributed by atoms with E-state index in [0.29, 0.717) is 12.0 Å². The Labute approximate surface area is 113 Å². The Morgan fingerprint density at radius 1 is 1.12 bits per heavy atom. The Hall–Kier alpha value is -0.0900. The lowest BCUT2D eigenvalue weighted by Crippen LogP contribution is -2.36. The summed E-state index contributed by atoms with van der Waals surface area (Å²) in [5, 5.41) is 3.44. The Bertz CT molecular complexity index is 305. The quantitative estimate of drug-likeness (QED) is 0.811. The summed E-state index contributed by atoms with van der Waals surface area (Å²) in [5.74, 6) is 1.42. The molecule has 0 fully saturated rings. The molecule has 0 aliphatic carbocycles. The summed E-state index contributed by atoms with van der Waals surface area (Å²) in [6.45, 7) is 6.92. The molecule has 0 heterocycles. The van der Waals surface area contributed by atoms with E-state index in [4.69, 9.17) is 0 Å². The first-order chi connectivity index (χ1) is 7.54. The van der Waals surface area contributed by atoms with Crippen molar-refractivity contribution in [3.8, 4) is 0 Å². The molecule has 1 aromatic carbocycles. The second-order valence-electron chi connectivity index (χ2n) is 4.83. The Kier molecular flexibility index (Phi) is 5.76. The molecule has 16 heavy (non-hydrogen) atoms. The van der Waals surface area contributed by atoms with E-state index in [9.17, 15) is 0 Å². The molecule has 0 radical (unpaired) electrons. The smallest absolute Gasteiger partial charge is 0.0132 e. The number of benzene rings is 1. The first-order valence-electron chi connectivity index (χ1n) is 5.96. The fourth-order valence-corrected chi connectivity index (χ4v) is 2.25. The molecule has 1 aromatic rings. The minimum Gasteiger partial charge on any atom is -0.316 e. The SMILES string of the molecule is CNC(Cc1ccc(I)cc1)C(C)C(C)C. The van der Waals surface area contributed by atoms with Gasteiger partial charge in [0.2, 0.25) is 0 Å². The van der Waals surface area contributed by atoms with Crippen molar-refractivity contribution in [2.45, 2.75) is 33.2 Å². The minimum absolute atomic E-state index is 0.570. The highest BCUT2D eigenvalue weighted by Gasteiger charge is 2.18. The zero-order valence-corrected chi connectivity index (χ0v) is 12.8. The average Bonchev–Trinajstić information content (AvgIpc) is 2.27. The van der Waals surface area contributed by atoms with E-state index < -0.39 is 0 Å². The molecule has 2 atom stereocenters. The van der Waals surface area contributed by atoms with Crippen LogP contribution in [0.25, 0.3) is 0 Å². The zero-order chi connectivity index (χ0) is 12.1. The predicted octanol–water partition coefficient (Wildman–Crippen LogP) is 3.71. The summed E-state index contributed by atoms with van der Waals surface area (Å²) in [5.41, 5.74) is 1.42. The molecule has 0 aliphatic rings. The number of nitrogens with one attached hydrogen (secondary N) is 1. The lowest BCUT2D eigenvalue weighted by atomic mass is 9.87. The normalized spacial score (nSPS) is 15.1. The summed E-state index contributed by atoms with van der Waals surface area (Å²) in [6.07, 6.45) is 1.12. The maximum absolute atomic E-state index is 3.44. The Morgan fingerprint density at radius 3 is 2.12 bits per heavy atom. The van der Waals surface area contributed by atoms with Gasteiger partial charge in [-0.15, -0.1) is 0 Å². The molecule has 0 aliphatic heterocycles. The van der Waals surface area contributed by atoms with Gasteiger partial charge in [0, 0.05) is 9.61 Å². The average molecular weight is 331 g/mol. The van der Waals surface area contributed by atoms with Gasteiger partial charge in [-0.2, -0.15) is 0 Å². The van der Waals surface area contributed by atoms with Crippen LogP contribution in [0.2, 0.25) is 0 Å². The van der Waals surface area contributed by atoms with Crippen LogP contribution in [0.5, 0.6) is 0 Å². The fourth-order valence-electron chi connectivity index (χ4n) is 1.89. The molecule has 0 saturated carbocycles. The summed E-state index contributed by atoms with van der Waals surface area (Å²) < 4.78 is 1.30. The van der Waals surface area contributed by atoms with E-state index in [0.717, 1.165) is 12.3 Å². The zero-order valence-electron chi connectivity index (χ0n) is 10.6. The maximum atomic E-state index is 3.44. The minimum atomic E-state index is 0.570. The van der Waals surface area contributed by atoms with Gasteiger partial charge in [-0.25, -0.2) is 0 Å². The molecule has 2 unspecified atom stereocenters. The fraction of sp³-hybridized carbons (Fsp3) is 0.571. The van der Waals surface area contributed by atoms with Gasteiger partial charge in [-0.05, 0) is 65.6 Å².